The van der Waals surface area contributed by atoms with E-state index in [9.17, 15) is 0 Å². The first kappa shape index (κ1) is 57.2. The predicted octanol–water partition coefficient (Wildman–Crippen LogP) is 18.8. The second-order valence-electron chi connectivity index (χ2n) is 18.5. The molecule has 2 radical (unpaired) electrons. The zero-order valence-electron chi connectivity index (χ0n) is 42.6. The van der Waals surface area contributed by atoms with Crippen molar-refractivity contribution in [3.8, 4) is 44.5 Å². The van der Waals surface area contributed by atoms with E-state index in [1.165, 1.54) is 156 Å². The maximum atomic E-state index is 3.06. The third-order valence-electron chi connectivity index (χ3n) is 12.5. The molecular formula is C66H66Cl2SiZr-4. The SMILES string of the molecule is Cc1cc(C)cc(-c2ccc(-c3cc(C)cc(C)c3)c3[cH-]c(Cc4ccccc4)cc23)c1.Cc1cc(C)cc(-c2ccc(-c3cc(C)cc(C)c3)c3[cH-]c(Cc4ccccc4)cc23)c1.Cl.Cl.[CH3-].[CH3-].[Si]=[Zr]. The molecule has 0 aromatic heterocycles. The van der Waals surface area contributed by atoms with E-state index in [0.717, 1.165) is 12.8 Å². The minimum absolute atomic E-state index is 0. The maximum absolute atomic E-state index is 3.06. The molecule has 0 aliphatic carbocycles. The van der Waals surface area contributed by atoms with Crippen LogP contribution in [0, 0.1) is 70.2 Å². The summed E-state index contributed by atoms with van der Waals surface area (Å²) >= 11 is 1.36. The van der Waals surface area contributed by atoms with Crippen LogP contribution in [0.2, 0.25) is 0 Å². The Bertz CT molecular complexity index is 2840. The van der Waals surface area contributed by atoms with Crippen molar-refractivity contribution in [1.29, 1.82) is 0 Å². The summed E-state index contributed by atoms with van der Waals surface area (Å²) in [5.74, 6) is 0. The second-order valence-corrected chi connectivity index (χ2v) is 18.5. The second kappa shape index (κ2) is 25.7. The zero-order chi connectivity index (χ0) is 46.5. The molecule has 0 saturated carbocycles. The molecule has 4 heteroatoms. The van der Waals surface area contributed by atoms with Gasteiger partial charge in [-0.15, -0.1) is 69.6 Å². The van der Waals surface area contributed by atoms with E-state index in [4.69, 9.17) is 0 Å². The summed E-state index contributed by atoms with van der Waals surface area (Å²) in [4.78, 5) is 0. The van der Waals surface area contributed by atoms with Crippen molar-refractivity contribution in [1.82, 2.24) is 0 Å². The average molecular weight is 1050 g/mol. The first-order valence-corrected chi connectivity index (χ1v) is 27.2. The quantitative estimate of drug-likeness (QED) is 0.105. The molecule has 0 heterocycles. The Kier molecular flexibility index (Phi) is 21.0. The van der Waals surface area contributed by atoms with Crippen LogP contribution in [0.4, 0.5) is 0 Å². The molecule has 0 spiro atoms. The van der Waals surface area contributed by atoms with Crippen molar-refractivity contribution in [2.75, 3.05) is 0 Å². The molecular weight excluding hydrogens is 983 g/mol. The van der Waals surface area contributed by atoms with Gasteiger partial charge in [-0.1, -0.05) is 236 Å². The van der Waals surface area contributed by atoms with Gasteiger partial charge >= 0.3 is 30.2 Å². The van der Waals surface area contributed by atoms with Gasteiger partial charge in [-0.05, 0) is 90.5 Å². The molecule has 10 aromatic rings. The Morgan fingerprint density at radius 3 is 0.843 bits per heavy atom. The van der Waals surface area contributed by atoms with E-state index < -0.39 is 0 Å². The number of aryl methyl sites for hydroxylation is 8. The van der Waals surface area contributed by atoms with Gasteiger partial charge in [-0.3, -0.25) is 0 Å². The molecule has 0 atom stereocenters. The number of fused-ring (bicyclic) bond motifs is 2. The molecule has 10 rings (SSSR count). The summed E-state index contributed by atoms with van der Waals surface area (Å²) < 4.78 is 0. The van der Waals surface area contributed by atoms with Crippen LogP contribution in [0.1, 0.15) is 66.8 Å². The van der Waals surface area contributed by atoms with Crippen LogP contribution in [0.25, 0.3) is 66.1 Å². The van der Waals surface area contributed by atoms with Gasteiger partial charge in [0.25, 0.3) is 0 Å². The summed E-state index contributed by atoms with van der Waals surface area (Å²) in [6.07, 6.45) is 1.90. The van der Waals surface area contributed by atoms with Crippen LogP contribution in [-0.4, -0.2) is 6.88 Å². The molecule has 0 amide bonds. The number of rotatable bonds is 8. The Labute approximate surface area is 449 Å². The topological polar surface area (TPSA) is 0 Å². The third kappa shape index (κ3) is 13.5. The Morgan fingerprint density at radius 2 is 0.571 bits per heavy atom. The fourth-order valence-electron chi connectivity index (χ4n) is 10.1. The third-order valence-corrected chi connectivity index (χ3v) is 12.5. The molecule has 356 valence electrons. The Morgan fingerprint density at radius 1 is 0.329 bits per heavy atom. The standard InChI is InChI=1S/2C32H29.2CH3.2ClH.Si.Zr/c2*1-21-12-22(2)15-27(14-21)29-10-11-30(28-16-23(3)13-24(4)17-28)32-20-26(19-31(29)32)18-25-8-6-5-7-9-25;;;;;;/h2*5-17,19-20H,18H2,1-4H3;2*1H3;2*1H;;/q4*-1;;;;. The molecule has 10 aromatic carbocycles. The molecule has 0 aliphatic rings. The summed E-state index contributed by atoms with van der Waals surface area (Å²) in [6, 6.07) is 67.9. The van der Waals surface area contributed by atoms with E-state index in [1.54, 1.807) is 0 Å². The molecule has 0 fully saturated rings. The van der Waals surface area contributed by atoms with E-state index in [0.29, 0.717) is 0 Å². The van der Waals surface area contributed by atoms with Crippen LogP contribution in [0.3, 0.4) is 0 Å². The Hall–Kier alpha value is -5.34. The summed E-state index contributed by atoms with van der Waals surface area (Å²) in [5, 5.41) is 5.38. The fourth-order valence-corrected chi connectivity index (χ4v) is 10.1. The van der Waals surface area contributed by atoms with Crippen LogP contribution < -0.4 is 0 Å². The first-order chi connectivity index (χ1) is 31.9. The molecule has 0 nitrogen and oxygen atoms in total. The number of hydrogen-bond acceptors (Lipinski definition) is 0. The molecule has 0 N–H and O–H groups in total. The van der Waals surface area contributed by atoms with Gasteiger partial charge in [-0.25, -0.2) is 0 Å². The van der Waals surface area contributed by atoms with Crippen LogP contribution in [0.15, 0.2) is 182 Å². The summed E-state index contributed by atoms with van der Waals surface area (Å²) in [5.41, 5.74) is 26.4. The molecule has 70 heavy (non-hydrogen) atoms. The van der Waals surface area contributed by atoms with Gasteiger partial charge < -0.3 is 14.9 Å². The molecule has 0 bridgehead atoms. The average Bonchev–Trinajstić information content (AvgIpc) is 3.90. The van der Waals surface area contributed by atoms with Crippen LogP contribution in [-0.2, 0) is 36.2 Å². The van der Waals surface area contributed by atoms with Crippen molar-refractivity contribution in [3.05, 3.63) is 264 Å². The van der Waals surface area contributed by atoms with Crippen molar-refractivity contribution in [2.45, 2.75) is 68.2 Å². The van der Waals surface area contributed by atoms with Gasteiger partial charge in [0, 0.05) is 0 Å². The molecule has 0 unspecified atom stereocenters. The minimum atomic E-state index is 0. The predicted molar refractivity (Wildman–Crippen MR) is 310 cm³/mol. The van der Waals surface area contributed by atoms with Gasteiger partial charge in [0.2, 0.25) is 0 Å². The molecule has 0 saturated heterocycles. The monoisotopic (exact) mass is 1050 g/mol. The molecule has 0 aliphatic heterocycles. The van der Waals surface area contributed by atoms with Crippen molar-refractivity contribution in [3.63, 3.8) is 0 Å². The van der Waals surface area contributed by atoms with Crippen molar-refractivity contribution < 1.29 is 23.3 Å². The van der Waals surface area contributed by atoms with Crippen LogP contribution in [0.5, 0.6) is 0 Å². The van der Waals surface area contributed by atoms with Gasteiger partial charge in [0.15, 0.2) is 0 Å². The summed E-state index contributed by atoms with van der Waals surface area (Å²) in [6.45, 7) is 20.5. The van der Waals surface area contributed by atoms with E-state index in [2.05, 4.69) is 244 Å². The normalized spacial score (nSPS) is 10.3. The van der Waals surface area contributed by atoms with Gasteiger partial charge in [0.05, 0.1) is 0 Å². The van der Waals surface area contributed by atoms with Crippen molar-refractivity contribution in [2.24, 2.45) is 0 Å². The van der Waals surface area contributed by atoms with E-state index in [-0.39, 0.29) is 39.7 Å². The number of hydrogen-bond donors (Lipinski definition) is 0. The first-order valence-electron chi connectivity index (χ1n) is 23.0. The van der Waals surface area contributed by atoms with E-state index >= 15 is 0 Å². The van der Waals surface area contributed by atoms with Crippen LogP contribution >= 0.6 is 24.8 Å². The number of benzene rings is 8. The Balaban J connectivity index is 0.000000279. The fraction of sp³-hybridized carbons (Fsp3) is 0.152. The van der Waals surface area contributed by atoms with E-state index in [1.807, 2.05) is 0 Å². The van der Waals surface area contributed by atoms with Gasteiger partial charge in [0.1, 0.15) is 0 Å². The number of halogens is 2. The van der Waals surface area contributed by atoms with Gasteiger partial charge in [-0.2, -0.15) is 12.1 Å². The van der Waals surface area contributed by atoms with Crippen molar-refractivity contribution >= 4 is 53.2 Å². The zero-order valence-corrected chi connectivity index (χ0v) is 47.6. The summed E-state index contributed by atoms with van der Waals surface area (Å²) in [7, 11) is 0.